The van der Waals surface area contributed by atoms with Crippen LogP contribution in [-0.4, -0.2) is 81.4 Å². The zero-order chi connectivity index (χ0) is 28.0. The molecule has 0 aromatic heterocycles. The highest BCUT2D eigenvalue weighted by molar-refractivity contribution is 7.80. The number of nitrogens with two attached hydrogens (primary N) is 2. The fourth-order valence-corrected chi connectivity index (χ4v) is 3.44. The van der Waals surface area contributed by atoms with Crippen LogP contribution in [-0.2, 0) is 30.4 Å². The van der Waals surface area contributed by atoms with Crippen molar-refractivity contribution in [2.24, 2.45) is 11.5 Å². The number of nitrogens with one attached hydrogen (secondary N) is 3. The lowest BCUT2D eigenvalue weighted by Crippen LogP contribution is -2.57. The average molecular weight is 542 g/mol. The number of benzene rings is 1. The van der Waals surface area contributed by atoms with E-state index in [1.165, 1.54) is 24.3 Å². The van der Waals surface area contributed by atoms with Crippen molar-refractivity contribution in [1.29, 1.82) is 0 Å². The fraction of sp³-hybridized carbons (Fsp3) is 0.522. The van der Waals surface area contributed by atoms with Gasteiger partial charge < -0.3 is 42.7 Å². The van der Waals surface area contributed by atoms with E-state index in [0.717, 1.165) is 0 Å². The molecular formula is C23H35N5O8S. The van der Waals surface area contributed by atoms with Gasteiger partial charge in [0, 0.05) is 18.6 Å². The van der Waals surface area contributed by atoms with Gasteiger partial charge in [-0.15, -0.1) is 0 Å². The fourth-order valence-electron chi connectivity index (χ4n) is 3.27. The summed E-state index contributed by atoms with van der Waals surface area (Å²) in [4.78, 5) is 61.1. The second kappa shape index (κ2) is 16.4. The lowest BCUT2D eigenvalue weighted by atomic mass is 10.0. The first-order valence-corrected chi connectivity index (χ1v) is 12.3. The third-order valence-electron chi connectivity index (χ3n) is 5.38. The van der Waals surface area contributed by atoms with Crippen molar-refractivity contribution in [3.05, 3.63) is 29.8 Å². The standard InChI is InChI=1S/C23H35N5O8S/c24-10-2-1-3-17(23(35)36)27-22(34)18(11-13-4-6-14(29)7-5-13)28-21(33)16(8-9-19(30)31)26-20(32)15(25)12-37/h4-7,15-18,29,37H,1-3,8-12,24-25H2,(H,26,32)(H,27,34)(H,28,33)(H,30,31)(H,35,36). The first-order valence-electron chi connectivity index (χ1n) is 11.7. The van der Waals surface area contributed by atoms with Crippen molar-refractivity contribution < 1.29 is 39.3 Å². The summed E-state index contributed by atoms with van der Waals surface area (Å²) in [5, 5.41) is 35.3. The van der Waals surface area contributed by atoms with Gasteiger partial charge in [-0.3, -0.25) is 19.2 Å². The van der Waals surface area contributed by atoms with E-state index < -0.39 is 60.2 Å². The van der Waals surface area contributed by atoms with Crippen molar-refractivity contribution >= 4 is 42.3 Å². The monoisotopic (exact) mass is 541 g/mol. The molecule has 4 atom stereocenters. The van der Waals surface area contributed by atoms with Crippen LogP contribution in [0.25, 0.3) is 0 Å². The third-order valence-corrected chi connectivity index (χ3v) is 5.78. The van der Waals surface area contributed by atoms with E-state index in [4.69, 9.17) is 16.6 Å². The Bertz CT molecular complexity index is 930. The summed E-state index contributed by atoms with van der Waals surface area (Å²) in [5.74, 6) is -4.88. The summed E-state index contributed by atoms with van der Waals surface area (Å²) >= 11 is 3.93. The molecule has 10 N–H and O–H groups in total. The van der Waals surface area contributed by atoms with E-state index in [-0.39, 0.29) is 30.8 Å². The normalized spacial score (nSPS) is 14.0. The van der Waals surface area contributed by atoms with Crippen LogP contribution >= 0.6 is 12.6 Å². The minimum Gasteiger partial charge on any atom is -0.508 e. The molecule has 13 nitrogen and oxygen atoms in total. The van der Waals surface area contributed by atoms with Crippen LogP contribution < -0.4 is 27.4 Å². The number of amides is 3. The predicted octanol–water partition coefficient (Wildman–Crippen LogP) is -1.28. The Morgan fingerprint density at radius 1 is 0.838 bits per heavy atom. The van der Waals surface area contributed by atoms with Crippen LogP contribution in [0.3, 0.4) is 0 Å². The molecule has 0 aliphatic carbocycles. The largest absolute Gasteiger partial charge is 0.508 e. The Morgan fingerprint density at radius 2 is 1.41 bits per heavy atom. The van der Waals surface area contributed by atoms with Crippen LogP contribution in [0.5, 0.6) is 5.75 Å². The van der Waals surface area contributed by atoms with Crippen molar-refractivity contribution in [3.8, 4) is 5.75 Å². The van der Waals surface area contributed by atoms with Crippen molar-refractivity contribution in [1.82, 2.24) is 16.0 Å². The van der Waals surface area contributed by atoms with Gasteiger partial charge in [-0.25, -0.2) is 4.79 Å². The Kier molecular flexibility index (Phi) is 14.0. The number of phenolic OH excluding ortho intramolecular Hbond substituents is 1. The van der Waals surface area contributed by atoms with Gasteiger partial charge in [0.25, 0.3) is 0 Å². The molecule has 0 saturated heterocycles. The smallest absolute Gasteiger partial charge is 0.326 e. The van der Waals surface area contributed by atoms with Gasteiger partial charge in [-0.05, 0) is 49.9 Å². The summed E-state index contributed by atoms with van der Waals surface area (Å²) < 4.78 is 0. The highest BCUT2D eigenvalue weighted by Crippen LogP contribution is 2.12. The summed E-state index contributed by atoms with van der Waals surface area (Å²) in [6.45, 7) is 0.361. The van der Waals surface area contributed by atoms with E-state index in [1.54, 1.807) is 0 Å². The van der Waals surface area contributed by atoms with Crippen LogP contribution in [0.2, 0.25) is 0 Å². The molecule has 3 amide bonds. The van der Waals surface area contributed by atoms with Gasteiger partial charge in [0.2, 0.25) is 17.7 Å². The average Bonchev–Trinajstić information content (AvgIpc) is 2.85. The van der Waals surface area contributed by atoms with Crippen molar-refractivity contribution in [2.45, 2.75) is 62.7 Å². The minimum absolute atomic E-state index is 0.0170. The number of thiol groups is 1. The zero-order valence-corrected chi connectivity index (χ0v) is 21.2. The Hall–Kier alpha value is -3.36. The number of rotatable bonds is 17. The third kappa shape index (κ3) is 11.9. The van der Waals surface area contributed by atoms with Crippen LogP contribution in [0, 0.1) is 0 Å². The highest BCUT2D eigenvalue weighted by atomic mass is 32.1. The van der Waals surface area contributed by atoms with Gasteiger partial charge in [0.1, 0.15) is 23.9 Å². The van der Waals surface area contributed by atoms with E-state index in [1.807, 2.05) is 0 Å². The zero-order valence-electron chi connectivity index (χ0n) is 20.3. The molecule has 0 bridgehead atoms. The molecule has 0 aliphatic rings. The summed E-state index contributed by atoms with van der Waals surface area (Å²) in [6.07, 6.45) is 0.325. The van der Waals surface area contributed by atoms with Gasteiger partial charge in [0.05, 0.1) is 6.04 Å². The molecule has 0 saturated carbocycles. The first-order chi connectivity index (χ1) is 17.5. The molecule has 0 radical (unpaired) electrons. The topological polar surface area (TPSA) is 234 Å². The maximum absolute atomic E-state index is 13.1. The number of aromatic hydroxyl groups is 1. The summed E-state index contributed by atoms with van der Waals surface area (Å²) in [6, 6.07) is 0.918. The number of hydrogen-bond acceptors (Lipinski definition) is 9. The molecule has 0 heterocycles. The van der Waals surface area contributed by atoms with E-state index >= 15 is 0 Å². The summed E-state index contributed by atoms with van der Waals surface area (Å²) in [7, 11) is 0. The molecule has 37 heavy (non-hydrogen) atoms. The van der Waals surface area contributed by atoms with Gasteiger partial charge in [-0.2, -0.15) is 12.6 Å². The number of aliphatic carboxylic acids is 2. The van der Waals surface area contributed by atoms with Gasteiger partial charge in [-0.1, -0.05) is 12.1 Å². The number of unbranched alkanes of at least 4 members (excludes halogenated alkanes) is 1. The number of carboxylic acid groups (broad SMARTS) is 2. The lowest BCUT2D eigenvalue weighted by Gasteiger charge is -2.25. The molecule has 1 aromatic rings. The number of hydrogen-bond donors (Lipinski definition) is 9. The summed E-state index contributed by atoms with van der Waals surface area (Å²) in [5.41, 5.74) is 11.6. The highest BCUT2D eigenvalue weighted by Gasteiger charge is 2.30. The molecule has 206 valence electrons. The lowest BCUT2D eigenvalue weighted by molar-refractivity contribution is -0.142. The van der Waals surface area contributed by atoms with Gasteiger partial charge in [0.15, 0.2) is 0 Å². The first kappa shape index (κ1) is 31.7. The maximum atomic E-state index is 13.1. The number of carbonyl (C=O) groups is 5. The van der Waals surface area contributed by atoms with Gasteiger partial charge >= 0.3 is 11.9 Å². The van der Waals surface area contributed by atoms with E-state index in [9.17, 15) is 34.2 Å². The Labute approximate surface area is 219 Å². The number of carbonyl (C=O) groups excluding carboxylic acids is 3. The van der Waals surface area contributed by atoms with E-state index in [2.05, 4.69) is 28.6 Å². The molecule has 0 spiro atoms. The Morgan fingerprint density at radius 3 is 1.95 bits per heavy atom. The van der Waals surface area contributed by atoms with Crippen molar-refractivity contribution in [2.75, 3.05) is 12.3 Å². The number of carboxylic acids is 2. The molecule has 1 rings (SSSR count). The molecule has 1 aromatic carbocycles. The Balaban J connectivity index is 3.14. The molecule has 4 unspecified atom stereocenters. The predicted molar refractivity (Wildman–Crippen MR) is 137 cm³/mol. The van der Waals surface area contributed by atoms with Crippen molar-refractivity contribution in [3.63, 3.8) is 0 Å². The van der Waals surface area contributed by atoms with Crippen LogP contribution in [0.4, 0.5) is 0 Å². The number of phenols is 1. The minimum atomic E-state index is -1.33. The molecule has 14 heteroatoms. The van der Waals surface area contributed by atoms with Crippen LogP contribution in [0.15, 0.2) is 24.3 Å². The SMILES string of the molecule is NCCCCC(NC(=O)C(Cc1ccc(O)cc1)NC(=O)C(CCC(=O)O)NC(=O)C(N)CS)C(=O)O. The second-order valence-electron chi connectivity index (χ2n) is 8.40. The van der Waals surface area contributed by atoms with E-state index in [0.29, 0.717) is 24.9 Å². The maximum Gasteiger partial charge on any atom is 0.326 e. The molecule has 0 fully saturated rings. The second-order valence-corrected chi connectivity index (χ2v) is 8.76. The van der Waals surface area contributed by atoms with Crippen LogP contribution in [0.1, 0.15) is 37.7 Å². The molecular weight excluding hydrogens is 506 g/mol. The quantitative estimate of drug-likeness (QED) is 0.0837. The molecule has 0 aliphatic heterocycles.